The SMILES string of the molecule is c1cnc(-c2ccc3c(c2)N(Cc2cnc[nH]2)CC3)cn1. The van der Waals surface area contributed by atoms with Gasteiger partial charge in [-0.25, -0.2) is 4.98 Å². The Balaban J connectivity index is 1.67. The van der Waals surface area contributed by atoms with Crippen LogP contribution in [-0.4, -0.2) is 26.5 Å². The third kappa shape index (κ3) is 2.27. The zero-order valence-electron chi connectivity index (χ0n) is 11.5. The Labute approximate surface area is 122 Å². The van der Waals surface area contributed by atoms with Crippen molar-refractivity contribution in [3.63, 3.8) is 0 Å². The monoisotopic (exact) mass is 277 g/mol. The average molecular weight is 277 g/mol. The molecule has 0 saturated heterocycles. The summed E-state index contributed by atoms with van der Waals surface area (Å²) in [6.07, 6.45) is 9.92. The molecule has 5 nitrogen and oxygen atoms in total. The van der Waals surface area contributed by atoms with Crippen LogP contribution in [0.3, 0.4) is 0 Å². The van der Waals surface area contributed by atoms with Gasteiger partial charge in [-0.3, -0.25) is 9.97 Å². The first kappa shape index (κ1) is 12.1. The van der Waals surface area contributed by atoms with E-state index in [-0.39, 0.29) is 0 Å². The second-order valence-electron chi connectivity index (χ2n) is 5.18. The van der Waals surface area contributed by atoms with Crippen molar-refractivity contribution in [1.29, 1.82) is 0 Å². The van der Waals surface area contributed by atoms with Crippen LogP contribution in [0.1, 0.15) is 11.3 Å². The van der Waals surface area contributed by atoms with Crippen LogP contribution >= 0.6 is 0 Å². The lowest BCUT2D eigenvalue weighted by Gasteiger charge is -2.19. The van der Waals surface area contributed by atoms with Crippen LogP contribution in [0.2, 0.25) is 0 Å². The summed E-state index contributed by atoms with van der Waals surface area (Å²) in [5.41, 5.74) is 5.83. The number of benzene rings is 1. The number of aromatic amines is 1. The summed E-state index contributed by atoms with van der Waals surface area (Å²) in [4.78, 5) is 18.2. The molecule has 0 bridgehead atoms. The number of nitrogens with one attached hydrogen (secondary N) is 1. The van der Waals surface area contributed by atoms with Crippen molar-refractivity contribution >= 4 is 5.69 Å². The van der Waals surface area contributed by atoms with Gasteiger partial charge >= 0.3 is 0 Å². The molecule has 0 radical (unpaired) electrons. The molecule has 21 heavy (non-hydrogen) atoms. The second-order valence-corrected chi connectivity index (χ2v) is 5.18. The molecule has 0 atom stereocenters. The smallest absolute Gasteiger partial charge is 0.0922 e. The highest BCUT2D eigenvalue weighted by Crippen LogP contribution is 2.32. The number of anilines is 1. The van der Waals surface area contributed by atoms with E-state index >= 15 is 0 Å². The Bertz CT molecular complexity index is 737. The molecule has 2 aromatic heterocycles. The first-order chi connectivity index (χ1) is 10.4. The van der Waals surface area contributed by atoms with E-state index in [2.05, 4.69) is 43.0 Å². The van der Waals surface area contributed by atoms with Crippen LogP contribution in [0.5, 0.6) is 0 Å². The summed E-state index contributed by atoms with van der Waals surface area (Å²) < 4.78 is 0. The summed E-state index contributed by atoms with van der Waals surface area (Å²) in [5, 5.41) is 0. The fourth-order valence-electron chi connectivity index (χ4n) is 2.79. The molecule has 5 heteroatoms. The van der Waals surface area contributed by atoms with E-state index in [9.17, 15) is 0 Å². The Morgan fingerprint density at radius 1 is 1.14 bits per heavy atom. The van der Waals surface area contributed by atoms with Gasteiger partial charge in [0, 0.05) is 36.4 Å². The predicted molar refractivity (Wildman–Crippen MR) is 80.8 cm³/mol. The van der Waals surface area contributed by atoms with Gasteiger partial charge in [0.2, 0.25) is 0 Å². The molecule has 1 aliphatic heterocycles. The molecule has 0 fully saturated rings. The Kier molecular flexibility index (Phi) is 2.88. The van der Waals surface area contributed by atoms with Crippen molar-refractivity contribution in [2.24, 2.45) is 0 Å². The Morgan fingerprint density at radius 3 is 2.95 bits per heavy atom. The number of fused-ring (bicyclic) bond motifs is 1. The van der Waals surface area contributed by atoms with Crippen molar-refractivity contribution < 1.29 is 0 Å². The van der Waals surface area contributed by atoms with Gasteiger partial charge in [-0.05, 0) is 18.1 Å². The van der Waals surface area contributed by atoms with Gasteiger partial charge in [-0.15, -0.1) is 0 Å². The van der Waals surface area contributed by atoms with Gasteiger partial charge in [-0.2, -0.15) is 0 Å². The lowest BCUT2D eigenvalue weighted by molar-refractivity contribution is 0.819. The highest BCUT2D eigenvalue weighted by molar-refractivity contribution is 5.69. The van der Waals surface area contributed by atoms with Gasteiger partial charge in [0.25, 0.3) is 0 Å². The topological polar surface area (TPSA) is 57.7 Å². The largest absolute Gasteiger partial charge is 0.365 e. The van der Waals surface area contributed by atoms with E-state index in [4.69, 9.17) is 0 Å². The standard InChI is InChI=1S/C16H15N5/c1-2-13(15-9-17-4-5-19-15)7-16-12(1)3-6-21(16)10-14-8-18-11-20-14/h1-2,4-5,7-9,11H,3,6,10H2,(H,18,20). The molecule has 0 amide bonds. The quantitative estimate of drug-likeness (QED) is 0.799. The van der Waals surface area contributed by atoms with Crippen molar-refractivity contribution in [3.8, 4) is 11.3 Å². The summed E-state index contributed by atoms with van der Waals surface area (Å²) in [6.45, 7) is 1.90. The van der Waals surface area contributed by atoms with Crippen LogP contribution in [0.4, 0.5) is 5.69 Å². The minimum absolute atomic E-state index is 0.858. The number of imidazole rings is 1. The maximum Gasteiger partial charge on any atom is 0.0922 e. The van der Waals surface area contributed by atoms with Crippen molar-refractivity contribution in [2.75, 3.05) is 11.4 Å². The fraction of sp³-hybridized carbons (Fsp3) is 0.188. The molecule has 0 spiro atoms. The molecule has 104 valence electrons. The minimum Gasteiger partial charge on any atom is -0.365 e. The van der Waals surface area contributed by atoms with Gasteiger partial charge in [0.05, 0.1) is 30.5 Å². The summed E-state index contributed by atoms with van der Waals surface area (Å²) >= 11 is 0. The molecule has 4 rings (SSSR count). The summed E-state index contributed by atoms with van der Waals surface area (Å²) in [6, 6.07) is 6.54. The molecule has 0 saturated carbocycles. The molecule has 1 N–H and O–H groups in total. The Hall–Kier alpha value is -2.69. The minimum atomic E-state index is 0.858. The first-order valence-electron chi connectivity index (χ1n) is 7.02. The lowest BCUT2D eigenvalue weighted by Crippen LogP contribution is -2.19. The zero-order valence-corrected chi connectivity index (χ0v) is 11.5. The van der Waals surface area contributed by atoms with Crippen LogP contribution < -0.4 is 4.90 Å². The third-order valence-electron chi connectivity index (χ3n) is 3.85. The highest BCUT2D eigenvalue weighted by atomic mass is 15.2. The molecular weight excluding hydrogens is 262 g/mol. The zero-order chi connectivity index (χ0) is 14.1. The van der Waals surface area contributed by atoms with Crippen LogP contribution in [0, 0.1) is 0 Å². The molecule has 1 aliphatic rings. The first-order valence-corrected chi connectivity index (χ1v) is 7.02. The molecule has 0 unspecified atom stereocenters. The number of rotatable bonds is 3. The van der Waals surface area contributed by atoms with E-state index in [1.165, 1.54) is 11.3 Å². The number of hydrogen-bond donors (Lipinski definition) is 1. The second kappa shape index (κ2) is 5.01. The van der Waals surface area contributed by atoms with E-state index in [0.717, 1.165) is 36.5 Å². The third-order valence-corrected chi connectivity index (χ3v) is 3.85. The van der Waals surface area contributed by atoms with Gasteiger partial charge < -0.3 is 9.88 Å². The Morgan fingerprint density at radius 2 is 2.14 bits per heavy atom. The lowest BCUT2D eigenvalue weighted by atomic mass is 10.1. The molecular formula is C16H15N5. The van der Waals surface area contributed by atoms with Crippen LogP contribution in [-0.2, 0) is 13.0 Å². The van der Waals surface area contributed by atoms with Crippen molar-refractivity contribution in [2.45, 2.75) is 13.0 Å². The van der Waals surface area contributed by atoms with E-state index in [1.54, 1.807) is 24.9 Å². The average Bonchev–Trinajstić information content (AvgIpc) is 3.19. The van der Waals surface area contributed by atoms with Crippen LogP contribution in [0.25, 0.3) is 11.3 Å². The highest BCUT2D eigenvalue weighted by Gasteiger charge is 2.20. The van der Waals surface area contributed by atoms with E-state index in [1.807, 2.05) is 6.20 Å². The van der Waals surface area contributed by atoms with E-state index in [0.29, 0.717) is 0 Å². The molecule has 3 heterocycles. The maximum atomic E-state index is 4.38. The van der Waals surface area contributed by atoms with Crippen molar-refractivity contribution in [1.82, 2.24) is 19.9 Å². The fourth-order valence-corrected chi connectivity index (χ4v) is 2.79. The van der Waals surface area contributed by atoms with E-state index < -0.39 is 0 Å². The summed E-state index contributed by atoms with van der Waals surface area (Å²) in [5.74, 6) is 0. The predicted octanol–water partition coefficient (Wildman–Crippen LogP) is 2.43. The summed E-state index contributed by atoms with van der Waals surface area (Å²) in [7, 11) is 0. The van der Waals surface area contributed by atoms with Crippen LogP contribution in [0.15, 0.2) is 49.3 Å². The molecule has 0 aliphatic carbocycles. The van der Waals surface area contributed by atoms with Gasteiger partial charge in [0.15, 0.2) is 0 Å². The number of nitrogens with zero attached hydrogens (tertiary/aromatic N) is 4. The molecule has 3 aromatic rings. The normalized spacial score (nSPS) is 13.4. The number of aromatic nitrogens is 4. The van der Waals surface area contributed by atoms with Gasteiger partial charge in [-0.1, -0.05) is 12.1 Å². The van der Waals surface area contributed by atoms with Gasteiger partial charge in [0.1, 0.15) is 0 Å². The molecule has 1 aromatic carbocycles. The maximum absolute atomic E-state index is 4.38. The number of hydrogen-bond acceptors (Lipinski definition) is 4. The van der Waals surface area contributed by atoms with Crippen molar-refractivity contribution in [3.05, 3.63) is 60.6 Å². The number of H-pyrrole nitrogens is 1.